The highest BCUT2D eigenvalue weighted by molar-refractivity contribution is 4.41. The number of aliphatic hydroxyl groups is 1. The van der Waals surface area contributed by atoms with Crippen molar-refractivity contribution in [1.82, 2.24) is 0 Å². The number of unbranched alkanes of at least 4 members (excludes halogenated alkanes) is 3. The Morgan fingerprint density at radius 3 is 2.00 bits per heavy atom. The molecule has 0 radical (unpaired) electrons. The zero-order chi connectivity index (χ0) is 8.24. The molecule has 0 aromatic heterocycles. The van der Waals surface area contributed by atoms with Gasteiger partial charge in [0.05, 0.1) is 0 Å². The minimum atomic E-state index is 0. The summed E-state index contributed by atoms with van der Waals surface area (Å²) in [5, 5.41) is 8.33. The monoisotopic (exact) mass is 149 g/mol. The first-order chi connectivity index (χ1) is 4.91. The summed E-state index contributed by atoms with van der Waals surface area (Å²) in [6.45, 7) is 5.11. The quantitative estimate of drug-likeness (QED) is 0.585. The Kier molecular flexibility index (Phi) is 20.1. The molecular formula is C8H23NO. The first-order valence-electron chi connectivity index (χ1n) is 4.22. The van der Waals surface area contributed by atoms with Gasteiger partial charge in [-0.15, -0.1) is 0 Å². The van der Waals surface area contributed by atoms with E-state index in [1.807, 2.05) is 13.8 Å². The summed E-state index contributed by atoms with van der Waals surface area (Å²) in [6, 6.07) is 0. The van der Waals surface area contributed by atoms with Gasteiger partial charge in [0.1, 0.15) is 0 Å². The number of hydrogen-bond acceptors (Lipinski definition) is 2. The van der Waals surface area contributed by atoms with E-state index in [-0.39, 0.29) is 1.43 Å². The SMILES string of the molecule is CC.NCCCCCCO.[HH]. The van der Waals surface area contributed by atoms with Crippen LogP contribution in [0.25, 0.3) is 0 Å². The van der Waals surface area contributed by atoms with Crippen molar-refractivity contribution in [2.75, 3.05) is 13.2 Å². The van der Waals surface area contributed by atoms with Crippen LogP contribution in [0, 0.1) is 0 Å². The van der Waals surface area contributed by atoms with E-state index in [0.29, 0.717) is 6.61 Å². The van der Waals surface area contributed by atoms with Gasteiger partial charge in [-0.25, -0.2) is 0 Å². The maximum absolute atomic E-state index is 8.33. The van der Waals surface area contributed by atoms with E-state index in [4.69, 9.17) is 10.8 Å². The Balaban J connectivity index is -0.000000196. The second-order valence-corrected chi connectivity index (χ2v) is 1.93. The normalized spacial score (nSPS) is 8.40. The Bertz CT molecular complexity index is 39.1. The summed E-state index contributed by atoms with van der Waals surface area (Å²) in [5.41, 5.74) is 5.25. The summed E-state index contributed by atoms with van der Waals surface area (Å²) < 4.78 is 0. The second-order valence-electron chi connectivity index (χ2n) is 1.93. The molecule has 3 N–H and O–H groups in total. The minimum absolute atomic E-state index is 0. The van der Waals surface area contributed by atoms with Crippen molar-refractivity contribution in [2.24, 2.45) is 5.73 Å². The van der Waals surface area contributed by atoms with Crippen LogP contribution in [0.4, 0.5) is 0 Å². The lowest BCUT2D eigenvalue weighted by atomic mass is 10.2. The smallest absolute Gasteiger partial charge is 0.0431 e. The third kappa shape index (κ3) is 15.7. The van der Waals surface area contributed by atoms with Gasteiger partial charge in [0.15, 0.2) is 0 Å². The van der Waals surface area contributed by atoms with Crippen LogP contribution in [0.5, 0.6) is 0 Å². The van der Waals surface area contributed by atoms with Crippen LogP contribution in [-0.2, 0) is 0 Å². The predicted octanol–water partition coefficient (Wildman–Crippen LogP) is 1.77. The summed E-state index contributed by atoms with van der Waals surface area (Å²) in [4.78, 5) is 0. The molecule has 0 spiro atoms. The molecule has 0 aromatic carbocycles. The molecule has 66 valence electrons. The van der Waals surface area contributed by atoms with Gasteiger partial charge in [0, 0.05) is 8.03 Å². The zero-order valence-electron chi connectivity index (χ0n) is 7.27. The molecule has 0 atom stereocenters. The van der Waals surface area contributed by atoms with E-state index in [1.54, 1.807) is 0 Å². The molecule has 2 nitrogen and oxygen atoms in total. The van der Waals surface area contributed by atoms with Crippen LogP contribution in [0.2, 0.25) is 0 Å². The summed E-state index contributed by atoms with van der Waals surface area (Å²) in [7, 11) is 0. The Morgan fingerprint density at radius 1 is 1.10 bits per heavy atom. The van der Waals surface area contributed by atoms with Crippen LogP contribution in [0.3, 0.4) is 0 Å². The van der Waals surface area contributed by atoms with Crippen molar-refractivity contribution in [1.29, 1.82) is 0 Å². The lowest BCUT2D eigenvalue weighted by molar-refractivity contribution is 0.282. The third-order valence-corrected chi connectivity index (χ3v) is 1.11. The van der Waals surface area contributed by atoms with Crippen molar-refractivity contribution in [2.45, 2.75) is 39.5 Å². The van der Waals surface area contributed by atoms with Crippen molar-refractivity contribution >= 4 is 0 Å². The third-order valence-electron chi connectivity index (χ3n) is 1.11. The Hall–Kier alpha value is -0.0800. The standard InChI is InChI=1S/C6H15NO.C2H6.H2/c7-5-3-1-2-4-6-8;1-2;/h8H,1-7H2;1-2H3;1H. The molecule has 0 saturated heterocycles. The molecular weight excluding hydrogens is 126 g/mol. The van der Waals surface area contributed by atoms with Gasteiger partial charge >= 0.3 is 0 Å². The van der Waals surface area contributed by atoms with Gasteiger partial charge in [0.25, 0.3) is 0 Å². The molecule has 0 aliphatic rings. The molecule has 0 aliphatic heterocycles. The molecule has 0 fully saturated rings. The van der Waals surface area contributed by atoms with E-state index in [9.17, 15) is 0 Å². The van der Waals surface area contributed by atoms with E-state index < -0.39 is 0 Å². The van der Waals surface area contributed by atoms with Crippen LogP contribution in [-0.4, -0.2) is 18.3 Å². The van der Waals surface area contributed by atoms with E-state index in [1.165, 1.54) is 0 Å². The lowest BCUT2D eigenvalue weighted by Crippen LogP contribution is -1.97. The maximum Gasteiger partial charge on any atom is 0.0431 e. The topological polar surface area (TPSA) is 46.2 Å². The fraction of sp³-hybridized carbons (Fsp3) is 1.00. The summed E-state index contributed by atoms with van der Waals surface area (Å²) in [5.74, 6) is 0. The maximum atomic E-state index is 8.33. The van der Waals surface area contributed by atoms with E-state index >= 15 is 0 Å². The van der Waals surface area contributed by atoms with Crippen LogP contribution >= 0.6 is 0 Å². The fourth-order valence-corrected chi connectivity index (χ4v) is 0.610. The number of rotatable bonds is 5. The van der Waals surface area contributed by atoms with Crippen LogP contribution in [0.1, 0.15) is 41.0 Å². The fourth-order valence-electron chi connectivity index (χ4n) is 0.610. The number of hydrogen-bond donors (Lipinski definition) is 2. The highest BCUT2D eigenvalue weighted by Gasteiger charge is 1.84. The van der Waals surface area contributed by atoms with Gasteiger partial charge in [-0.3, -0.25) is 0 Å². The molecule has 0 saturated carbocycles. The van der Waals surface area contributed by atoms with Crippen LogP contribution in [0.15, 0.2) is 0 Å². The molecule has 0 unspecified atom stereocenters. The molecule has 0 bridgehead atoms. The summed E-state index contributed by atoms with van der Waals surface area (Å²) in [6.07, 6.45) is 4.31. The zero-order valence-corrected chi connectivity index (χ0v) is 7.27. The second kappa shape index (κ2) is 16.0. The molecule has 0 aliphatic carbocycles. The molecule has 0 amide bonds. The largest absolute Gasteiger partial charge is 0.396 e. The predicted molar refractivity (Wildman–Crippen MR) is 48.1 cm³/mol. The van der Waals surface area contributed by atoms with Gasteiger partial charge < -0.3 is 10.8 Å². The first kappa shape index (κ1) is 12.6. The Morgan fingerprint density at radius 2 is 1.60 bits per heavy atom. The summed E-state index contributed by atoms with van der Waals surface area (Å²) >= 11 is 0. The average molecular weight is 149 g/mol. The number of nitrogens with two attached hydrogens (primary N) is 1. The van der Waals surface area contributed by atoms with Gasteiger partial charge in [-0.1, -0.05) is 26.7 Å². The molecule has 10 heavy (non-hydrogen) atoms. The highest BCUT2D eigenvalue weighted by atomic mass is 16.2. The average Bonchev–Trinajstić information content (AvgIpc) is 2.02. The Labute approximate surface area is 65.9 Å². The molecule has 0 rings (SSSR count). The first-order valence-corrected chi connectivity index (χ1v) is 4.22. The van der Waals surface area contributed by atoms with Crippen molar-refractivity contribution in [3.05, 3.63) is 0 Å². The molecule has 2 heteroatoms. The van der Waals surface area contributed by atoms with Crippen molar-refractivity contribution in [3.8, 4) is 0 Å². The lowest BCUT2D eigenvalue weighted by Gasteiger charge is -1.93. The van der Waals surface area contributed by atoms with Gasteiger partial charge in [0.2, 0.25) is 0 Å². The van der Waals surface area contributed by atoms with Crippen molar-refractivity contribution in [3.63, 3.8) is 0 Å². The van der Waals surface area contributed by atoms with Crippen LogP contribution < -0.4 is 5.73 Å². The van der Waals surface area contributed by atoms with Gasteiger partial charge in [-0.2, -0.15) is 0 Å². The highest BCUT2D eigenvalue weighted by Crippen LogP contribution is 1.95. The molecule has 0 heterocycles. The number of aliphatic hydroxyl groups excluding tert-OH is 1. The van der Waals surface area contributed by atoms with Gasteiger partial charge in [-0.05, 0) is 19.4 Å². The molecule has 0 aromatic rings. The van der Waals surface area contributed by atoms with Crippen molar-refractivity contribution < 1.29 is 6.53 Å². The van der Waals surface area contributed by atoms with E-state index in [2.05, 4.69) is 0 Å². The van der Waals surface area contributed by atoms with E-state index in [0.717, 1.165) is 32.2 Å². The minimum Gasteiger partial charge on any atom is -0.396 e.